The second-order valence-electron chi connectivity index (χ2n) is 12.0. The van der Waals surface area contributed by atoms with Crippen LogP contribution in [0.2, 0.25) is 36.3 Å². The molecule has 0 bridgehead atoms. The van der Waals surface area contributed by atoms with Crippen LogP contribution in [-0.2, 0) is 18.3 Å². The Morgan fingerprint density at radius 1 is 1.00 bits per heavy atom. The molecular formula is C28H50O7Si2. The average Bonchev–Trinajstić information content (AvgIpc) is 3.21. The molecule has 1 saturated heterocycles. The Bertz CT molecular complexity index is 856. The minimum absolute atomic E-state index is 0.0345. The summed E-state index contributed by atoms with van der Waals surface area (Å²) in [6.45, 7) is 22.4. The third kappa shape index (κ3) is 7.74. The van der Waals surface area contributed by atoms with Crippen LogP contribution < -0.4 is 9.47 Å². The van der Waals surface area contributed by atoms with Crippen molar-refractivity contribution >= 4 is 22.8 Å². The van der Waals surface area contributed by atoms with E-state index in [2.05, 4.69) is 61.6 Å². The molecule has 7 nitrogen and oxygen atoms in total. The third-order valence-corrected chi connectivity index (χ3v) is 17.5. The summed E-state index contributed by atoms with van der Waals surface area (Å²) in [5, 5.41) is -0.0345. The van der Waals surface area contributed by atoms with Crippen molar-refractivity contribution in [2.24, 2.45) is 5.92 Å². The number of benzene rings is 1. The molecule has 1 aliphatic heterocycles. The highest BCUT2D eigenvalue weighted by molar-refractivity contribution is 6.74. The van der Waals surface area contributed by atoms with Crippen molar-refractivity contribution in [3.8, 4) is 11.5 Å². The van der Waals surface area contributed by atoms with Crippen LogP contribution in [0.4, 0.5) is 4.79 Å². The quantitative estimate of drug-likeness (QED) is 0.175. The van der Waals surface area contributed by atoms with Gasteiger partial charge < -0.3 is 27.8 Å². The lowest BCUT2D eigenvalue weighted by atomic mass is 9.89. The molecule has 4 atom stereocenters. The predicted molar refractivity (Wildman–Crippen MR) is 153 cm³/mol. The molecule has 0 spiro atoms. The van der Waals surface area contributed by atoms with Crippen LogP contribution in [0.25, 0.3) is 0 Å². The lowest BCUT2D eigenvalue weighted by molar-refractivity contribution is -0.105. The van der Waals surface area contributed by atoms with Gasteiger partial charge in [-0.15, -0.1) is 0 Å². The zero-order valence-electron chi connectivity index (χ0n) is 24.9. The van der Waals surface area contributed by atoms with Crippen LogP contribution in [-0.4, -0.2) is 60.9 Å². The molecule has 0 saturated carbocycles. The monoisotopic (exact) mass is 554 g/mol. The van der Waals surface area contributed by atoms with Crippen molar-refractivity contribution in [1.29, 1.82) is 0 Å². The van der Waals surface area contributed by atoms with Gasteiger partial charge in [0, 0.05) is 5.92 Å². The van der Waals surface area contributed by atoms with Gasteiger partial charge in [0.1, 0.15) is 24.2 Å². The van der Waals surface area contributed by atoms with Crippen molar-refractivity contribution in [2.75, 3.05) is 20.3 Å². The Labute approximate surface area is 226 Å². The van der Waals surface area contributed by atoms with E-state index in [-0.39, 0.29) is 23.7 Å². The molecule has 1 heterocycles. The molecule has 2 rings (SSSR count). The SMILES string of the molecule is CC[Si](CC)(CC)O[C@H]([C@H](C)COc1ccc(OC)cc1)[C@H](O[Si](C)(C)C(C)(C)C)[C@]1(C)COC(=O)O1. The predicted octanol–water partition coefficient (Wildman–Crippen LogP) is 7.42. The minimum atomic E-state index is -2.28. The van der Waals surface area contributed by atoms with E-state index in [1.54, 1.807) is 7.11 Å². The van der Waals surface area contributed by atoms with Gasteiger partial charge in [0.15, 0.2) is 22.2 Å². The van der Waals surface area contributed by atoms with Gasteiger partial charge >= 0.3 is 6.16 Å². The number of rotatable bonds is 14. The second kappa shape index (κ2) is 12.5. The average molecular weight is 555 g/mol. The number of ether oxygens (including phenoxy) is 4. The van der Waals surface area contributed by atoms with Crippen LogP contribution in [0.3, 0.4) is 0 Å². The first-order valence-corrected chi connectivity index (χ1v) is 19.1. The van der Waals surface area contributed by atoms with Crippen LogP contribution in [0.15, 0.2) is 24.3 Å². The zero-order chi connectivity index (χ0) is 28.1. The van der Waals surface area contributed by atoms with Crippen LogP contribution in [0, 0.1) is 5.92 Å². The van der Waals surface area contributed by atoms with E-state index in [1.807, 2.05) is 31.2 Å². The largest absolute Gasteiger partial charge is 0.509 e. The molecule has 0 aromatic heterocycles. The first kappa shape index (κ1) is 31.7. The van der Waals surface area contributed by atoms with Crippen LogP contribution in [0.5, 0.6) is 11.5 Å². The van der Waals surface area contributed by atoms with Gasteiger partial charge in [0.2, 0.25) is 0 Å². The number of methoxy groups -OCH3 is 1. The number of carbonyl (C=O) groups is 1. The smallest absolute Gasteiger partial charge is 0.497 e. The molecule has 0 radical (unpaired) electrons. The lowest BCUT2D eigenvalue weighted by Gasteiger charge is -2.48. The summed E-state index contributed by atoms with van der Waals surface area (Å²) in [5.74, 6) is 1.51. The fourth-order valence-corrected chi connectivity index (χ4v) is 8.69. The fourth-order valence-electron chi connectivity index (χ4n) is 4.38. The Morgan fingerprint density at radius 2 is 1.54 bits per heavy atom. The minimum Gasteiger partial charge on any atom is -0.497 e. The Balaban J connectivity index is 2.48. The van der Waals surface area contributed by atoms with Crippen molar-refractivity contribution in [3.05, 3.63) is 24.3 Å². The summed E-state index contributed by atoms with van der Waals surface area (Å²) in [7, 11) is -2.70. The number of carbonyl (C=O) groups excluding carboxylic acids is 1. The number of hydrogen-bond acceptors (Lipinski definition) is 7. The maximum absolute atomic E-state index is 12.2. The molecule has 1 aromatic rings. The molecule has 0 N–H and O–H groups in total. The Kier molecular flexibility index (Phi) is 10.7. The first-order chi connectivity index (χ1) is 17.2. The van der Waals surface area contributed by atoms with Crippen LogP contribution >= 0.6 is 0 Å². The molecule has 1 aliphatic rings. The third-order valence-electron chi connectivity index (χ3n) is 8.37. The summed E-state index contributed by atoms with van der Waals surface area (Å²) < 4.78 is 36.9. The van der Waals surface area contributed by atoms with Gasteiger partial charge in [-0.3, -0.25) is 0 Å². The van der Waals surface area contributed by atoms with E-state index in [9.17, 15) is 4.79 Å². The van der Waals surface area contributed by atoms with E-state index in [1.165, 1.54) is 0 Å². The lowest BCUT2D eigenvalue weighted by Crippen LogP contribution is -2.61. The summed E-state index contributed by atoms with van der Waals surface area (Å²) in [5.41, 5.74) is -0.957. The summed E-state index contributed by atoms with van der Waals surface area (Å²) in [6.07, 6.45) is -1.48. The second-order valence-corrected chi connectivity index (χ2v) is 21.5. The molecule has 0 amide bonds. The van der Waals surface area contributed by atoms with E-state index >= 15 is 0 Å². The maximum Gasteiger partial charge on any atom is 0.509 e. The molecule has 212 valence electrons. The van der Waals surface area contributed by atoms with Crippen molar-refractivity contribution in [2.45, 2.75) is 109 Å². The standard InChI is InChI=1S/C28H50O7Si2/c1-12-37(13-2,14-3)34-24(21(4)19-31-23-17-15-22(30-9)16-18-23)25(28(8)20-32-26(29)33-28)35-36(10,11)27(5,6)7/h15-18,21,24-25H,12-14,19-20H2,1-11H3/t21-,24-,25+,28+/m1/s1. The van der Waals surface area contributed by atoms with E-state index < -0.39 is 34.5 Å². The summed E-state index contributed by atoms with van der Waals surface area (Å²) in [6, 6.07) is 10.6. The van der Waals surface area contributed by atoms with E-state index in [0.717, 1.165) is 29.6 Å². The van der Waals surface area contributed by atoms with Gasteiger partial charge in [0.25, 0.3) is 0 Å². The first-order valence-electron chi connectivity index (χ1n) is 13.6. The van der Waals surface area contributed by atoms with E-state index in [4.69, 9.17) is 27.8 Å². The summed E-state index contributed by atoms with van der Waals surface area (Å²) >= 11 is 0. The van der Waals surface area contributed by atoms with Crippen molar-refractivity contribution in [1.82, 2.24) is 0 Å². The molecular weight excluding hydrogens is 504 g/mol. The number of cyclic esters (lactones) is 2. The van der Waals surface area contributed by atoms with Crippen molar-refractivity contribution < 1.29 is 32.6 Å². The zero-order valence-corrected chi connectivity index (χ0v) is 26.9. The van der Waals surface area contributed by atoms with Gasteiger partial charge in [0.05, 0.1) is 19.8 Å². The highest BCUT2D eigenvalue weighted by Gasteiger charge is 2.55. The van der Waals surface area contributed by atoms with Crippen LogP contribution in [0.1, 0.15) is 55.4 Å². The summed E-state index contributed by atoms with van der Waals surface area (Å²) in [4.78, 5) is 12.2. The molecule has 1 aromatic carbocycles. The van der Waals surface area contributed by atoms with Gasteiger partial charge in [-0.05, 0) is 67.5 Å². The fraction of sp³-hybridized carbons (Fsp3) is 0.750. The van der Waals surface area contributed by atoms with E-state index in [0.29, 0.717) is 6.61 Å². The molecule has 0 aliphatic carbocycles. The topological polar surface area (TPSA) is 72.5 Å². The molecule has 37 heavy (non-hydrogen) atoms. The van der Waals surface area contributed by atoms with Gasteiger partial charge in [-0.25, -0.2) is 4.79 Å². The number of hydrogen-bond donors (Lipinski definition) is 0. The highest BCUT2D eigenvalue weighted by Crippen LogP contribution is 2.43. The maximum atomic E-state index is 12.2. The van der Waals surface area contributed by atoms with Gasteiger partial charge in [-0.2, -0.15) is 0 Å². The normalized spacial score (nSPS) is 21.1. The molecule has 0 unspecified atom stereocenters. The molecule has 1 fully saturated rings. The Morgan fingerprint density at radius 3 is 1.97 bits per heavy atom. The molecule has 9 heteroatoms. The van der Waals surface area contributed by atoms with Gasteiger partial charge in [-0.1, -0.05) is 48.5 Å². The highest BCUT2D eigenvalue weighted by atomic mass is 28.4. The van der Waals surface area contributed by atoms with Crippen molar-refractivity contribution in [3.63, 3.8) is 0 Å². The Hall–Kier alpha value is -1.56.